The number of nitrogen functional groups attached to an aromatic ring is 2. The van der Waals surface area contributed by atoms with Crippen LogP contribution in [0, 0.1) is 0 Å². The van der Waals surface area contributed by atoms with E-state index < -0.39 is 36.4 Å². The molecule has 0 fully saturated rings. The number of rotatable bonds is 23. The summed E-state index contributed by atoms with van der Waals surface area (Å²) in [4.78, 5) is 0.0583. The van der Waals surface area contributed by atoms with Crippen molar-refractivity contribution in [2.24, 2.45) is 20.5 Å². The molecule has 0 saturated carbocycles. The molecule has 0 bridgehead atoms. The van der Waals surface area contributed by atoms with Crippen molar-refractivity contribution in [2.45, 2.75) is 24.5 Å². The highest BCUT2D eigenvalue weighted by Gasteiger charge is 2.24. The van der Waals surface area contributed by atoms with E-state index in [1.165, 1.54) is 30.3 Å². The van der Waals surface area contributed by atoms with Gasteiger partial charge in [-0.1, -0.05) is 20.2 Å². The van der Waals surface area contributed by atoms with Crippen LogP contribution in [-0.2, 0) is 61.6 Å². The van der Waals surface area contributed by atoms with E-state index in [0.29, 0.717) is 56.0 Å². The van der Waals surface area contributed by atoms with Crippen molar-refractivity contribution < 1.29 is 97.1 Å². The third-order valence-electron chi connectivity index (χ3n) is 8.07. The number of fused-ring (bicyclic) bond motifs is 2. The SMILES string of the molecule is [2H]Nc1ccc2c(O)c(N=Nc3ccc(S(=O)(=O)CCOSOOO)cc3)c(SOOO)cc2c1S(=O)(=O)O.[2H]Nc1ccc2c(O)c(N=Nc3ccc(SOOO)cc3)c(SOOO)cc2c1. The predicted molar refractivity (Wildman–Crippen MR) is 233 cm³/mol. The van der Waals surface area contributed by atoms with Gasteiger partial charge in [0.2, 0.25) is 0 Å². The van der Waals surface area contributed by atoms with Crippen molar-refractivity contribution in [3.8, 4) is 11.5 Å². The van der Waals surface area contributed by atoms with Crippen molar-refractivity contribution in [1.29, 1.82) is 0 Å². The van der Waals surface area contributed by atoms with Crippen LogP contribution in [0.1, 0.15) is 0 Å². The number of benzene rings is 6. The Labute approximate surface area is 390 Å². The second-order valence-electron chi connectivity index (χ2n) is 12.0. The molecule has 6 aromatic rings. The summed E-state index contributed by atoms with van der Waals surface area (Å²) in [6, 6.07) is 21.8. The van der Waals surface area contributed by atoms with Gasteiger partial charge in [-0.2, -0.15) is 18.6 Å². The Morgan fingerprint density at radius 1 is 0.606 bits per heavy atom. The molecule has 0 atom stereocenters. The summed E-state index contributed by atoms with van der Waals surface area (Å²) in [5, 5.41) is 85.5. The second-order valence-corrected chi connectivity index (χ2v) is 18.2. The molecule has 0 spiro atoms. The predicted octanol–water partition coefficient (Wildman–Crippen LogP) is 9.39. The average Bonchev–Trinajstić information content (AvgIpc) is 3.33. The number of phenols is 2. The molecule has 0 heterocycles. The first kappa shape index (κ1) is 48.9. The molecule has 352 valence electrons. The van der Waals surface area contributed by atoms with Gasteiger partial charge in [-0.15, -0.1) is 27.6 Å². The highest BCUT2D eigenvalue weighted by atomic mass is 32.2. The van der Waals surface area contributed by atoms with Crippen LogP contribution in [0.5, 0.6) is 11.5 Å². The van der Waals surface area contributed by atoms with Crippen LogP contribution in [0.4, 0.5) is 34.1 Å². The number of sulfone groups is 1. The summed E-state index contributed by atoms with van der Waals surface area (Å²) in [5.41, 5.74) is 4.85. The van der Waals surface area contributed by atoms with Crippen LogP contribution in [0.2, 0.25) is 2.82 Å². The monoisotopic (exact) mass is 1040 g/mol. The normalized spacial score (nSPS) is 12.4. The van der Waals surface area contributed by atoms with E-state index in [1.54, 1.807) is 48.5 Å². The van der Waals surface area contributed by atoms with Crippen molar-refractivity contribution in [2.75, 3.05) is 23.8 Å². The fraction of sp³-hybridized carbons (Fsp3) is 0.0588. The summed E-state index contributed by atoms with van der Waals surface area (Å²) in [6.07, 6.45) is 0. The standard InChI is InChI=1S/C18H17N3O13S4.C16H13N3O7S2/c19-14-6-5-12-13(18(14)38(27,28)29)9-15(35-33-31-23)16(17(12)22)21-20-10-1-3-11(4-2-10)37(25,26)8-7-30-36-34-32-24;17-10-1-6-13-9(7-10)8-14(28-26-24-22)15(16(13)20)19-18-11-2-4-12(5-3-11)27-25-23-21/h1-6,9,22-24H,7-8,19H2,(H,27,28,29);1-8,20-22H,17H2/i/hD2. The van der Waals surface area contributed by atoms with Gasteiger partial charge in [-0.05, 0) is 96.4 Å². The molecule has 0 aliphatic carbocycles. The van der Waals surface area contributed by atoms with Crippen LogP contribution in [0.3, 0.4) is 0 Å². The average molecular weight is 1040 g/mol. The van der Waals surface area contributed by atoms with Gasteiger partial charge in [0.05, 0.1) is 80.2 Å². The van der Waals surface area contributed by atoms with Gasteiger partial charge in [0.1, 0.15) is 16.3 Å². The first-order valence-corrected chi connectivity index (χ1v) is 23.1. The lowest BCUT2D eigenvalue weighted by Crippen LogP contribution is -2.10. The Bertz CT molecular complexity index is 2950. The van der Waals surface area contributed by atoms with Gasteiger partial charge in [0, 0.05) is 26.7 Å². The largest absolute Gasteiger partial charge is 0.505 e. The fourth-order valence-corrected chi connectivity index (χ4v) is 8.87. The molecular formula is C34H30N6O20S6. The lowest BCUT2D eigenvalue weighted by Gasteiger charge is -2.12. The van der Waals surface area contributed by atoms with Crippen molar-refractivity contribution in [3.63, 3.8) is 0 Å². The van der Waals surface area contributed by atoms with Gasteiger partial charge >= 0.3 is 0 Å². The molecule has 0 aliphatic rings. The van der Waals surface area contributed by atoms with Gasteiger partial charge in [-0.25, -0.2) is 29.4 Å². The maximum absolute atomic E-state index is 12.4. The van der Waals surface area contributed by atoms with Gasteiger partial charge in [0.25, 0.3) is 10.1 Å². The molecule has 0 unspecified atom stereocenters. The van der Waals surface area contributed by atoms with Crippen molar-refractivity contribution in [1.82, 2.24) is 0 Å². The molecular weight excluding hydrogens is 1000 g/mol. The molecule has 0 aromatic heterocycles. The number of hydrogen-bond donors (Lipinski definition) is 9. The van der Waals surface area contributed by atoms with E-state index in [-0.39, 0.29) is 68.0 Å². The van der Waals surface area contributed by atoms with E-state index in [9.17, 15) is 31.6 Å². The van der Waals surface area contributed by atoms with E-state index in [4.69, 9.17) is 28.0 Å². The maximum atomic E-state index is 12.4. The van der Waals surface area contributed by atoms with Gasteiger partial charge < -0.3 is 21.7 Å². The minimum atomic E-state index is -4.88. The minimum absolute atomic E-state index is 0.0655. The van der Waals surface area contributed by atoms with Crippen LogP contribution in [0.25, 0.3) is 21.5 Å². The molecule has 0 radical (unpaired) electrons. The number of nitrogens with zero attached hydrogens (tertiary/aromatic N) is 4. The van der Waals surface area contributed by atoms with Crippen molar-refractivity contribution >= 4 is 124 Å². The molecule has 11 N–H and O–H groups in total. The van der Waals surface area contributed by atoms with Gasteiger partial charge in [0.15, 0.2) is 36.5 Å². The van der Waals surface area contributed by atoms with Crippen molar-refractivity contribution in [3.05, 3.63) is 91.0 Å². The third-order valence-corrected chi connectivity index (χ3v) is 12.9. The highest BCUT2D eigenvalue weighted by Crippen LogP contribution is 2.47. The first-order chi connectivity index (χ1) is 32.7. The molecule has 26 nitrogen and oxygen atoms in total. The summed E-state index contributed by atoms with van der Waals surface area (Å²) in [6.45, 7) is -0.280. The van der Waals surface area contributed by atoms with Gasteiger partial charge in [-0.3, -0.25) is 8.74 Å². The minimum Gasteiger partial charge on any atom is -0.505 e. The fourth-order valence-electron chi connectivity index (χ4n) is 5.33. The Morgan fingerprint density at radius 2 is 1.17 bits per heavy atom. The van der Waals surface area contributed by atoms with E-state index in [0.717, 1.165) is 24.2 Å². The highest BCUT2D eigenvalue weighted by molar-refractivity contribution is 7.95. The lowest BCUT2D eigenvalue weighted by atomic mass is 10.1. The van der Waals surface area contributed by atoms with Crippen LogP contribution < -0.4 is 11.5 Å². The zero-order valence-corrected chi connectivity index (χ0v) is 37.1. The van der Waals surface area contributed by atoms with Crippen LogP contribution >= 0.6 is 48.5 Å². The lowest BCUT2D eigenvalue weighted by molar-refractivity contribution is -0.434. The summed E-state index contributed by atoms with van der Waals surface area (Å²) >= 11 is 1.97. The molecule has 66 heavy (non-hydrogen) atoms. The number of nitrogens with two attached hydrogens (primary N) is 2. The van der Waals surface area contributed by atoms with E-state index >= 15 is 0 Å². The molecule has 32 heteroatoms. The molecule has 0 amide bonds. The number of aromatic hydroxyl groups is 2. The topological polar surface area (TPSA) is 394 Å². The molecule has 6 aromatic carbocycles. The molecule has 0 aliphatic heterocycles. The Kier molecular flexibility index (Phi) is 18.3. The number of azo groups is 2. The van der Waals surface area contributed by atoms with E-state index in [2.05, 4.69) is 63.7 Å². The third kappa shape index (κ3) is 14.0. The Morgan fingerprint density at radius 3 is 1.74 bits per heavy atom. The first-order valence-electron chi connectivity index (χ1n) is 18.1. The number of hydrogen-bond acceptors (Lipinski definition) is 29. The summed E-state index contributed by atoms with van der Waals surface area (Å²) in [7, 11) is -8.64. The summed E-state index contributed by atoms with van der Waals surface area (Å²) < 4.78 is 94.9. The zero-order chi connectivity index (χ0) is 49.3. The summed E-state index contributed by atoms with van der Waals surface area (Å²) in [5.74, 6) is -1.18. The molecule has 6 rings (SSSR count). The Hall–Kier alpha value is -5.02. The quantitative estimate of drug-likeness (QED) is 0.00548. The second kappa shape index (κ2) is 24.7. The number of anilines is 2. The smallest absolute Gasteiger partial charge is 0.297 e. The van der Waals surface area contributed by atoms with Crippen LogP contribution in [0.15, 0.2) is 136 Å². The number of phenolic OH excluding ortho intramolecular Hbond substituents is 2. The maximum Gasteiger partial charge on any atom is 0.297 e. The van der Waals surface area contributed by atoms with Crippen LogP contribution in [-0.4, -0.2) is 65.0 Å². The van der Waals surface area contributed by atoms with E-state index in [1.807, 2.05) is 5.73 Å². The Balaban J connectivity index is 0.000000265. The zero-order valence-electron chi connectivity index (χ0n) is 34.3. The molecule has 0 saturated heterocycles.